The van der Waals surface area contributed by atoms with Crippen molar-refractivity contribution < 1.29 is 15.0 Å². The first kappa shape index (κ1) is 15.3. The van der Waals surface area contributed by atoms with E-state index in [2.05, 4.69) is 25.6 Å². The lowest BCUT2D eigenvalue weighted by atomic mass is 9.98. The van der Waals surface area contributed by atoms with E-state index in [0.717, 1.165) is 0 Å². The fourth-order valence-electron chi connectivity index (χ4n) is 4.20. The maximum atomic E-state index is 12.2. The lowest BCUT2D eigenvalue weighted by Gasteiger charge is -2.23. The van der Waals surface area contributed by atoms with Crippen molar-refractivity contribution in [3.8, 4) is 0 Å². The molecule has 1 unspecified atom stereocenters. The molecule has 128 valence electrons. The Morgan fingerprint density at radius 3 is 2.79 bits per heavy atom. The summed E-state index contributed by atoms with van der Waals surface area (Å²) in [5.41, 5.74) is 0.272. The van der Waals surface area contributed by atoms with Gasteiger partial charge in [0.2, 0.25) is 5.91 Å². The number of aromatic nitrogens is 4. The molecular weight excluding hydrogens is 312 g/mol. The number of nitrogens with one attached hydrogen (secondary N) is 2. The van der Waals surface area contributed by atoms with E-state index in [9.17, 15) is 15.0 Å². The number of carbonyl (C=O) groups is 1. The Labute approximate surface area is 138 Å². The molecule has 2 aliphatic rings. The van der Waals surface area contributed by atoms with Gasteiger partial charge in [0.05, 0.1) is 23.9 Å². The van der Waals surface area contributed by atoms with Crippen LogP contribution in [0.4, 0.5) is 5.82 Å². The van der Waals surface area contributed by atoms with Gasteiger partial charge in [0.15, 0.2) is 11.5 Å². The average Bonchev–Trinajstić information content (AvgIpc) is 3.12. The third-order valence-corrected chi connectivity index (χ3v) is 5.41. The maximum absolute atomic E-state index is 12.2. The second kappa shape index (κ2) is 4.87. The maximum Gasteiger partial charge on any atom is 0.229 e. The van der Waals surface area contributed by atoms with Gasteiger partial charge in [-0.05, 0) is 13.3 Å². The van der Waals surface area contributed by atoms with Crippen LogP contribution >= 0.6 is 0 Å². The zero-order chi connectivity index (χ0) is 17.2. The van der Waals surface area contributed by atoms with Crippen LogP contribution in [0.5, 0.6) is 0 Å². The number of nitrogens with zero attached hydrogens (tertiary/aromatic N) is 4. The van der Waals surface area contributed by atoms with E-state index in [0.29, 0.717) is 29.2 Å². The molecule has 0 saturated heterocycles. The average molecular weight is 332 g/mol. The summed E-state index contributed by atoms with van der Waals surface area (Å²) < 4.78 is 1.76. The Bertz CT molecular complexity index is 836. The molecule has 9 heteroatoms. The molecule has 2 saturated carbocycles. The highest BCUT2D eigenvalue weighted by molar-refractivity contribution is 5.88. The van der Waals surface area contributed by atoms with Gasteiger partial charge in [0.25, 0.3) is 0 Å². The second-order valence-corrected chi connectivity index (χ2v) is 6.55. The number of fused-ring (bicyclic) bond motifs is 2. The Hall–Kier alpha value is -2.26. The molecule has 2 aromatic rings. The van der Waals surface area contributed by atoms with Gasteiger partial charge in [-0.1, -0.05) is 0 Å². The van der Waals surface area contributed by atoms with Gasteiger partial charge in [0.1, 0.15) is 17.4 Å². The number of hydrogen-bond acceptors (Lipinski definition) is 7. The van der Waals surface area contributed by atoms with E-state index in [4.69, 9.17) is 0 Å². The van der Waals surface area contributed by atoms with Gasteiger partial charge in [-0.2, -0.15) is 0 Å². The molecule has 0 aliphatic heterocycles. The molecule has 0 bridgehead atoms. The summed E-state index contributed by atoms with van der Waals surface area (Å²) in [6.07, 6.45) is -0.0141. The van der Waals surface area contributed by atoms with Crippen LogP contribution in [0.2, 0.25) is 0 Å². The van der Waals surface area contributed by atoms with Gasteiger partial charge in [-0.25, -0.2) is 15.0 Å². The van der Waals surface area contributed by atoms with Crippen molar-refractivity contribution in [1.29, 1.82) is 0 Å². The number of carbonyl (C=O) groups excluding carboxylic acids is 1. The predicted octanol–water partition coefficient (Wildman–Crippen LogP) is -0.795. The van der Waals surface area contributed by atoms with Crippen LogP contribution in [0.15, 0.2) is 6.33 Å². The number of imidazole rings is 1. The summed E-state index contributed by atoms with van der Waals surface area (Å²) in [5, 5.41) is 26.6. The molecule has 5 atom stereocenters. The number of rotatable bonds is 3. The third-order valence-electron chi connectivity index (χ3n) is 5.41. The zero-order valence-corrected chi connectivity index (χ0v) is 13.7. The van der Waals surface area contributed by atoms with E-state index >= 15 is 0 Å². The topological polar surface area (TPSA) is 125 Å². The molecule has 4 N–H and O–H groups in total. The van der Waals surface area contributed by atoms with Crippen LogP contribution in [-0.2, 0) is 4.79 Å². The van der Waals surface area contributed by atoms with Crippen LogP contribution in [-0.4, -0.2) is 61.9 Å². The Morgan fingerprint density at radius 1 is 1.38 bits per heavy atom. The van der Waals surface area contributed by atoms with Crippen molar-refractivity contribution in [2.24, 2.45) is 11.3 Å². The van der Waals surface area contributed by atoms with Crippen LogP contribution < -0.4 is 10.6 Å². The van der Waals surface area contributed by atoms with E-state index in [1.165, 1.54) is 0 Å². The molecule has 1 amide bonds. The first-order valence-corrected chi connectivity index (χ1v) is 7.93. The first-order chi connectivity index (χ1) is 11.5. The summed E-state index contributed by atoms with van der Waals surface area (Å²) in [5.74, 6) is 0.813. The Kier molecular flexibility index (Phi) is 3.10. The van der Waals surface area contributed by atoms with E-state index in [-0.39, 0.29) is 11.8 Å². The number of aliphatic hydroxyl groups is 2. The summed E-state index contributed by atoms with van der Waals surface area (Å²) in [6.45, 7) is 1.78. The highest BCUT2D eigenvalue weighted by atomic mass is 16.3. The minimum absolute atomic E-state index is 0.145. The number of aliphatic hydroxyl groups excluding tert-OH is 2. The van der Waals surface area contributed by atoms with Crippen molar-refractivity contribution in [1.82, 2.24) is 24.8 Å². The largest absolute Gasteiger partial charge is 0.389 e. The Morgan fingerprint density at radius 2 is 2.12 bits per heavy atom. The normalized spacial score (nSPS) is 34.2. The summed E-state index contributed by atoms with van der Waals surface area (Å²) in [4.78, 5) is 25.3. The fourth-order valence-corrected chi connectivity index (χ4v) is 4.20. The van der Waals surface area contributed by atoms with Crippen LogP contribution in [0.3, 0.4) is 0 Å². The number of hydrogen-bond donors (Lipinski definition) is 4. The van der Waals surface area contributed by atoms with Gasteiger partial charge in [-0.3, -0.25) is 4.79 Å². The smallest absolute Gasteiger partial charge is 0.229 e. The van der Waals surface area contributed by atoms with Gasteiger partial charge >= 0.3 is 0 Å². The lowest BCUT2D eigenvalue weighted by Crippen LogP contribution is -2.41. The van der Waals surface area contributed by atoms with Crippen molar-refractivity contribution in [3.05, 3.63) is 12.2 Å². The molecule has 2 heterocycles. The number of aryl methyl sites for hydroxylation is 1. The molecule has 2 aromatic heterocycles. The second-order valence-electron chi connectivity index (χ2n) is 6.55. The Balaban J connectivity index is 1.82. The van der Waals surface area contributed by atoms with Crippen molar-refractivity contribution >= 4 is 22.9 Å². The minimum atomic E-state index is -1.10. The van der Waals surface area contributed by atoms with E-state index in [1.807, 2.05) is 0 Å². The monoisotopic (exact) mass is 332 g/mol. The van der Waals surface area contributed by atoms with E-state index < -0.39 is 23.7 Å². The number of amides is 1. The molecule has 4 rings (SSSR count). The zero-order valence-electron chi connectivity index (χ0n) is 13.7. The van der Waals surface area contributed by atoms with Gasteiger partial charge < -0.3 is 25.4 Å². The standard InChI is InChI=1S/C15H20N6O3/c1-6-19-12(16-2)8-13(20-6)21(5-18-8)9-7-4-15(7,14(24)17-3)11(23)10(9)22/h5,7,9-11,22-23H,4H2,1-3H3,(H,17,24)(H,16,19,20)/t7-,9-,10-,11?,15+/m1/s1. The predicted molar refractivity (Wildman–Crippen MR) is 85.3 cm³/mol. The molecular formula is C15H20N6O3. The van der Waals surface area contributed by atoms with Crippen LogP contribution in [0.1, 0.15) is 18.3 Å². The first-order valence-electron chi connectivity index (χ1n) is 7.93. The molecule has 0 radical (unpaired) electrons. The molecule has 0 aromatic carbocycles. The van der Waals surface area contributed by atoms with Crippen LogP contribution in [0, 0.1) is 18.3 Å². The molecule has 9 nitrogen and oxygen atoms in total. The third kappa shape index (κ3) is 1.71. The highest BCUT2D eigenvalue weighted by Gasteiger charge is 2.75. The van der Waals surface area contributed by atoms with E-state index in [1.54, 1.807) is 31.9 Å². The molecule has 0 spiro atoms. The summed E-state index contributed by atoms with van der Waals surface area (Å²) in [6, 6.07) is -0.443. The van der Waals surface area contributed by atoms with Crippen molar-refractivity contribution in [2.45, 2.75) is 31.6 Å². The lowest BCUT2D eigenvalue weighted by molar-refractivity contribution is -0.132. The van der Waals surface area contributed by atoms with Crippen molar-refractivity contribution in [3.63, 3.8) is 0 Å². The molecule has 2 aliphatic carbocycles. The molecule has 2 fully saturated rings. The highest BCUT2D eigenvalue weighted by Crippen LogP contribution is 2.67. The van der Waals surface area contributed by atoms with Crippen molar-refractivity contribution in [2.75, 3.05) is 19.4 Å². The summed E-state index contributed by atoms with van der Waals surface area (Å²) >= 11 is 0. The van der Waals surface area contributed by atoms with Gasteiger partial charge in [-0.15, -0.1) is 0 Å². The quantitative estimate of drug-likeness (QED) is 0.580. The molecule has 24 heavy (non-hydrogen) atoms. The van der Waals surface area contributed by atoms with Crippen LogP contribution in [0.25, 0.3) is 11.2 Å². The number of anilines is 1. The fraction of sp³-hybridized carbons (Fsp3) is 0.600. The minimum Gasteiger partial charge on any atom is -0.389 e. The van der Waals surface area contributed by atoms with Gasteiger partial charge in [0, 0.05) is 20.0 Å². The SMILES string of the molecule is CNC(=O)[C@@]12C[C@@H]1[C@@H](n1cnc3c(NC)nc(C)nc31)[C@@H](O)C2O. The summed E-state index contributed by atoms with van der Waals surface area (Å²) in [7, 11) is 3.30.